The highest BCUT2D eigenvalue weighted by molar-refractivity contribution is 5.79. The third kappa shape index (κ3) is 3.41. The molecule has 3 nitrogen and oxygen atoms in total. The SMILES string of the molecule is C=CCCCN(C)C(=NC)NCC1Cc2ccccc21. The van der Waals surface area contributed by atoms with Crippen molar-refractivity contribution >= 4 is 5.96 Å². The van der Waals surface area contributed by atoms with Gasteiger partial charge in [-0.15, -0.1) is 6.58 Å². The van der Waals surface area contributed by atoms with Crippen molar-refractivity contribution in [3.8, 4) is 0 Å². The molecule has 1 unspecified atom stereocenters. The third-order valence-corrected chi connectivity index (χ3v) is 3.94. The summed E-state index contributed by atoms with van der Waals surface area (Å²) in [6.07, 6.45) is 5.32. The Kier molecular flexibility index (Phi) is 5.22. The van der Waals surface area contributed by atoms with E-state index in [1.165, 1.54) is 17.5 Å². The van der Waals surface area contributed by atoms with Gasteiger partial charge >= 0.3 is 0 Å². The smallest absolute Gasteiger partial charge is 0.193 e. The van der Waals surface area contributed by atoms with Crippen LogP contribution in [0.25, 0.3) is 0 Å². The minimum absolute atomic E-state index is 0.629. The average molecular weight is 271 g/mol. The van der Waals surface area contributed by atoms with Gasteiger partial charge in [-0.25, -0.2) is 0 Å². The van der Waals surface area contributed by atoms with Crippen molar-refractivity contribution in [3.05, 3.63) is 48.0 Å². The number of fused-ring (bicyclic) bond motifs is 1. The van der Waals surface area contributed by atoms with Crippen LogP contribution < -0.4 is 5.32 Å². The fraction of sp³-hybridized carbons (Fsp3) is 0.471. The van der Waals surface area contributed by atoms with Gasteiger partial charge in [-0.3, -0.25) is 4.99 Å². The maximum Gasteiger partial charge on any atom is 0.193 e. The zero-order valence-corrected chi connectivity index (χ0v) is 12.6. The number of guanidine groups is 1. The van der Waals surface area contributed by atoms with Crippen LogP contribution in [0.3, 0.4) is 0 Å². The molecule has 1 aliphatic rings. The van der Waals surface area contributed by atoms with Gasteiger partial charge in [0, 0.05) is 33.1 Å². The molecule has 0 spiro atoms. The number of nitrogens with one attached hydrogen (secondary N) is 1. The Morgan fingerprint density at radius 1 is 1.50 bits per heavy atom. The molecule has 0 amide bonds. The van der Waals surface area contributed by atoms with Crippen molar-refractivity contribution in [2.45, 2.75) is 25.2 Å². The Labute approximate surface area is 122 Å². The standard InChI is InChI=1S/C17H25N3/c1-4-5-8-11-20(3)17(18-2)19-13-15-12-14-9-6-7-10-16(14)15/h4,6-7,9-10,15H,1,5,8,11-13H2,2-3H3,(H,18,19). The monoisotopic (exact) mass is 271 g/mol. The summed E-state index contributed by atoms with van der Waals surface area (Å²) in [7, 11) is 3.94. The maximum absolute atomic E-state index is 4.36. The number of rotatable bonds is 6. The highest BCUT2D eigenvalue weighted by Crippen LogP contribution is 2.33. The molecule has 2 rings (SSSR count). The van der Waals surface area contributed by atoms with E-state index in [0.29, 0.717) is 5.92 Å². The van der Waals surface area contributed by atoms with Crippen LogP contribution in [0, 0.1) is 0 Å². The van der Waals surface area contributed by atoms with Gasteiger partial charge < -0.3 is 10.2 Å². The van der Waals surface area contributed by atoms with Crippen LogP contribution in [0.5, 0.6) is 0 Å². The van der Waals surface area contributed by atoms with Crippen molar-refractivity contribution in [2.75, 3.05) is 27.2 Å². The van der Waals surface area contributed by atoms with Gasteiger partial charge in [-0.1, -0.05) is 30.3 Å². The van der Waals surface area contributed by atoms with Gasteiger partial charge in [0.25, 0.3) is 0 Å². The number of benzene rings is 1. The molecule has 0 saturated heterocycles. The molecule has 0 heterocycles. The van der Waals surface area contributed by atoms with Gasteiger partial charge in [0.2, 0.25) is 0 Å². The largest absolute Gasteiger partial charge is 0.356 e. The molecule has 20 heavy (non-hydrogen) atoms. The van der Waals surface area contributed by atoms with E-state index in [1.807, 2.05) is 13.1 Å². The lowest BCUT2D eigenvalue weighted by Crippen LogP contribution is -2.42. The topological polar surface area (TPSA) is 27.6 Å². The van der Waals surface area contributed by atoms with Crippen molar-refractivity contribution in [3.63, 3.8) is 0 Å². The van der Waals surface area contributed by atoms with Gasteiger partial charge in [-0.05, 0) is 30.4 Å². The van der Waals surface area contributed by atoms with Gasteiger partial charge in [0.15, 0.2) is 5.96 Å². The zero-order chi connectivity index (χ0) is 14.4. The van der Waals surface area contributed by atoms with Crippen molar-refractivity contribution < 1.29 is 0 Å². The van der Waals surface area contributed by atoms with Crippen LogP contribution in [-0.2, 0) is 6.42 Å². The molecular formula is C17H25N3. The first-order chi connectivity index (χ1) is 9.76. The van der Waals surface area contributed by atoms with Crippen LogP contribution in [0.2, 0.25) is 0 Å². The van der Waals surface area contributed by atoms with E-state index < -0.39 is 0 Å². The van der Waals surface area contributed by atoms with E-state index in [0.717, 1.165) is 31.9 Å². The molecule has 1 aromatic carbocycles. The Morgan fingerprint density at radius 2 is 2.30 bits per heavy atom. The predicted molar refractivity (Wildman–Crippen MR) is 86.3 cm³/mol. The number of aliphatic imine (C=N–C) groups is 1. The molecule has 1 aliphatic carbocycles. The molecule has 0 aromatic heterocycles. The van der Waals surface area contributed by atoms with Crippen LogP contribution in [-0.4, -0.2) is 38.0 Å². The average Bonchev–Trinajstić information content (AvgIpc) is 2.44. The molecule has 1 N–H and O–H groups in total. The molecule has 0 bridgehead atoms. The highest BCUT2D eigenvalue weighted by Gasteiger charge is 2.25. The predicted octanol–water partition coefficient (Wildman–Crippen LogP) is 2.80. The summed E-state index contributed by atoms with van der Waals surface area (Å²) < 4.78 is 0. The summed E-state index contributed by atoms with van der Waals surface area (Å²) in [5.41, 5.74) is 2.98. The van der Waals surface area contributed by atoms with E-state index in [-0.39, 0.29) is 0 Å². The molecule has 3 heteroatoms. The summed E-state index contributed by atoms with van der Waals surface area (Å²) >= 11 is 0. The molecule has 0 radical (unpaired) electrons. The van der Waals surface area contributed by atoms with Gasteiger partial charge in [-0.2, -0.15) is 0 Å². The third-order valence-electron chi connectivity index (χ3n) is 3.94. The quantitative estimate of drug-likeness (QED) is 0.373. The zero-order valence-electron chi connectivity index (χ0n) is 12.6. The molecule has 108 valence electrons. The Balaban J connectivity index is 1.79. The second-order valence-corrected chi connectivity index (χ2v) is 5.38. The molecule has 0 saturated carbocycles. The van der Waals surface area contributed by atoms with E-state index in [4.69, 9.17) is 0 Å². The van der Waals surface area contributed by atoms with Gasteiger partial charge in [0.05, 0.1) is 0 Å². The minimum atomic E-state index is 0.629. The minimum Gasteiger partial charge on any atom is -0.356 e. The fourth-order valence-corrected chi connectivity index (χ4v) is 2.72. The molecular weight excluding hydrogens is 246 g/mol. The summed E-state index contributed by atoms with van der Waals surface area (Å²) in [6, 6.07) is 8.71. The van der Waals surface area contributed by atoms with Crippen molar-refractivity contribution in [1.82, 2.24) is 10.2 Å². The normalized spacial score (nSPS) is 17.1. The van der Waals surface area contributed by atoms with Crippen molar-refractivity contribution in [2.24, 2.45) is 4.99 Å². The molecule has 0 fully saturated rings. The first kappa shape index (κ1) is 14.6. The first-order valence-corrected chi connectivity index (χ1v) is 7.36. The second-order valence-electron chi connectivity index (χ2n) is 5.38. The fourth-order valence-electron chi connectivity index (χ4n) is 2.72. The number of hydrogen-bond donors (Lipinski definition) is 1. The van der Waals surface area contributed by atoms with Gasteiger partial charge in [0.1, 0.15) is 0 Å². The molecule has 1 atom stereocenters. The second kappa shape index (κ2) is 7.13. The molecule has 0 aliphatic heterocycles. The summed E-state index contributed by atoms with van der Waals surface area (Å²) in [5.74, 6) is 1.61. The number of allylic oxidation sites excluding steroid dienone is 1. The van der Waals surface area contributed by atoms with E-state index in [1.54, 1.807) is 0 Å². The number of unbranched alkanes of at least 4 members (excludes halogenated alkanes) is 1. The van der Waals surface area contributed by atoms with Crippen LogP contribution >= 0.6 is 0 Å². The highest BCUT2D eigenvalue weighted by atomic mass is 15.3. The number of nitrogens with zero attached hydrogens (tertiary/aromatic N) is 2. The maximum atomic E-state index is 4.36. The van der Waals surface area contributed by atoms with Crippen molar-refractivity contribution in [1.29, 1.82) is 0 Å². The lowest BCUT2D eigenvalue weighted by molar-refractivity contribution is 0.461. The summed E-state index contributed by atoms with van der Waals surface area (Å²) in [6.45, 7) is 5.73. The van der Waals surface area contributed by atoms with E-state index in [9.17, 15) is 0 Å². The number of hydrogen-bond acceptors (Lipinski definition) is 1. The Hall–Kier alpha value is -1.77. The first-order valence-electron chi connectivity index (χ1n) is 7.36. The molecule has 1 aromatic rings. The Bertz CT molecular complexity index is 479. The van der Waals surface area contributed by atoms with E-state index in [2.05, 4.69) is 53.1 Å². The van der Waals surface area contributed by atoms with Crippen LogP contribution in [0.15, 0.2) is 41.9 Å². The Morgan fingerprint density at radius 3 is 3.00 bits per heavy atom. The summed E-state index contributed by atoms with van der Waals surface area (Å²) in [5, 5.41) is 3.49. The lowest BCUT2D eigenvalue weighted by atomic mass is 9.78. The summed E-state index contributed by atoms with van der Waals surface area (Å²) in [4.78, 5) is 6.55. The van der Waals surface area contributed by atoms with E-state index >= 15 is 0 Å². The van der Waals surface area contributed by atoms with Crippen LogP contribution in [0.1, 0.15) is 29.9 Å². The van der Waals surface area contributed by atoms with Crippen LogP contribution in [0.4, 0.5) is 0 Å². The lowest BCUT2D eigenvalue weighted by Gasteiger charge is -2.32.